The van der Waals surface area contributed by atoms with Crippen molar-refractivity contribution in [1.29, 1.82) is 0 Å². The highest BCUT2D eigenvalue weighted by atomic mass is 15.3. The molecule has 0 saturated carbocycles. The van der Waals surface area contributed by atoms with Gasteiger partial charge in [-0.2, -0.15) is 0 Å². The third kappa shape index (κ3) is 12.6. The molecule has 0 amide bonds. The Bertz CT molecular complexity index is 391. The van der Waals surface area contributed by atoms with Crippen molar-refractivity contribution < 1.29 is 0 Å². The smallest absolute Gasteiger partial charge is 0.0935 e. The van der Waals surface area contributed by atoms with Gasteiger partial charge in [-0.25, -0.2) is 0 Å². The molecule has 3 nitrogen and oxygen atoms in total. The lowest BCUT2D eigenvalue weighted by Gasteiger charge is -2.18. The first-order valence-corrected chi connectivity index (χ1v) is 11.5. The molecule has 1 aliphatic heterocycles. The van der Waals surface area contributed by atoms with Crippen molar-refractivity contribution in [3.63, 3.8) is 0 Å². The Labute approximate surface area is 169 Å². The van der Waals surface area contributed by atoms with Crippen LogP contribution in [0.2, 0.25) is 0 Å². The van der Waals surface area contributed by atoms with Gasteiger partial charge in [0, 0.05) is 32.0 Å². The Morgan fingerprint density at radius 2 is 1.30 bits per heavy atom. The van der Waals surface area contributed by atoms with E-state index in [0.717, 1.165) is 13.2 Å². The molecule has 0 fully saturated rings. The lowest BCUT2D eigenvalue weighted by Crippen LogP contribution is -2.22. The predicted octanol–water partition coefficient (Wildman–Crippen LogP) is 6.71. The summed E-state index contributed by atoms with van der Waals surface area (Å²) in [5, 5.41) is 0. The van der Waals surface area contributed by atoms with E-state index in [1.54, 1.807) is 0 Å². The molecule has 0 radical (unpaired) electrons. The number of hydrogen-bond acceptors (Lipinski definition) is 3. The lowest BCUT2D eigenvalue weighted by atomic mass is 10.0. The zero-order valence-electron chi connectivity index (χ0n) is 18.1. The molecule has 27 heavy (non-hydrogen) atoms. The van der Waals surface area contributed by atoms with Crippen LogP contribution in [0.4, 0.5) is 0 Å². The fourth-order valence-electron chi connectivity index (χ4n) is 3.70. The van der Waals surface area contributed by atoms with Crippen molar-refractivity contribution in [2.75, 3.05) is 26.3 Å². The molecule has 0 aromatic rings. The summed E-state index contributed by atoms with van der Waals surface area (Å²) in [6.07, 6.45) is 26.4. The Hall–Kier alpha value is -1.38. The third-order valence-corrected chi connectivity index (χ3v) is 5.60. The van der Waals surface area contributed by atoms with Gasteiger partial charge in [-0.3, -0.25) is 0 Å². The Balaban J connectivity index is 1.73. The summed E-state index contributed by atoms with van der Waals surface area (Å²) in [6.45, 7) is 14.3. The van der Waals surface area contributed by atoms with Gasteiger partial charge in [0.2, 0.25) is 0 Å². The van der Waals surface area contributed by atoms with Gasteiger partial charge in [-0.05, 0) is 32.2 Å². The normalized spacial score (nSPS) is 13.4. The summed E-state index contributed by atoms with van der Waals surface area (Å²) in [4.78, 5) is 6.81. The van der Waals surface area contributed by atoms with Crippen molar-refractivity contribution in [2.45, 2.75) is 90.4 Å². The minimum atomic E-state index is 0.982. The average Bonchev–Trinajstić information content (AvgIpc) is 3.16. The quantitative estimate of drug-likeness (QED) is 0.232. The van der Waals surface area contributed by atoms with Crippen LogP contribution in [0.15, 0.2) is 38.0 Å². The molecule has 3 heteroatoms. The molecule has 0 saturated heterocycles. The molecule has 1 aliphatic rings. The van der Waals surface area contributed by atoms with E-state index in [1.807, 2.05) is 12.4 Å². The van der Waals surface area contributed by atoms with Gasteiger partial charge in [0.1, 0.15) is 0 Å². The van der Waals surface area contributed by atoms with E-state index in [9.17, 15) is 0 Å². The fraction of sp³-hybridized carbons (Fsp3) is 0.750. The molecule has 1 heterocycles. The molecule has 0 atom stereocenters. The highest BCUT2D eigenvalue weighted by molar-refractivity contribution is 4.94. The molecule has 0 spiro atoms. The van der Waals surface area contributed by atoms with E-state index in [2.05, 4.69) is 47.2 Å². The lowest BCUT2D eigenvalue weighted by molar-refractivity contribution is 0.307. The van der Waals surface area contributed by atoms with Crippen molar-refractivity contribution in [1.82, 2.24) is 14.7 Å². The molecule has 0 bridgehead atoms. The fourth-order valence-corrected chi connectivity index (χ4v) is 3.70. The second kappa shape index (κ2) is 16.8. The number of nitrogens with zero attached hydrogens (tertiary/aromatic N) is 3. The monoisotopic (exact) mass is 375 g/mol. The highest BCUT2D eigenvalue weighted by Gasteiger charge is 2.08. The Morgan fingerprint density at radius 3 is 1.74 bits per heavy atom. The van der Waals surface area contributed by atoms with Crippen molar-refractivity contribution in [3.8, 4) is 0 Å². The van der Waals surface area contributed by atoms with Gasteiger partial charge >= 0.3 is 0 Å². The van der Waals surface area contributed by atoms with E-state index in [1.165, 1.54) is 96.6 Å². The standard InChI is InChI=1S/C24H45N3/c1-4-25(5-2)20-18-16-14-12-10-8-7-9-11-13-15-17-19-21-27-23-22-26(6-3)24-27/h4,6,22-23H,1,3,5,7-21,24H2,2H3. The molecular formula is C24H45N3. The van der Waals surface area contributed by atoms with Crippen molar-refractivity contribution >= 4 is 0 Å². The molecule has 0 unspecified atom stereocenters. The largest absolute Gasteiger partial charge is 0.378 e. The maximum absolute atomic E-state index is 3.86. The van der Waals surface area contributed by atoms with Crippen LogP contribution in [-0.2, 0) is 0 Å². The number of hydrogen-bond donors (Lipinski definition) is 0. The summed E-state index contributed by atoms with van der Waals surface area (Å²) in [6, 6.07) is 0. The molecule has 0 N–H and O–H groups in total. The zero-order valence-corrected chi connectivity index (χ0v) is 18.1. The van der Waals surface area contributed by atoms with Crippen LogP contribution in [0.25, 0.3) is 0 Å². The van der Waals surface area contributed by atoms with Crippen LogP contribution in [0.1, 0.15) is 90.4 Å². The second-order valence-electron chi connectivity index (χ2n) is 7.86. The van der Waals surface area contributed by atoms with E-state index in [0.29, 0.717) is 0 Å². The SMILES string of the molecule is C=CN1C=CN(CCCCCCCCCCCCCCCN(C=C)CC)C1. The van der Waals surface area contributed by atoms with Crippen molar-refractivity contribution in [3.05, 3.63) is 38.0 Å². The maximum Gasteiger partial charge on any atom is 0.0935 e. The first-order chi connectivity index (χ1) is 13.3. The van der Waals surface area contributed by atoms with E-state index in [-0.39, 0.29) is 0 Å². The van der Waals surface area contributed by atoms with Crippen LogP contribution < -0.4 is 0 Å². The first-order valence-electron chi connectivity index (χ1n) is 11.5. The van der Waals surface area contributed by atoms with Crippen LogP contribution in [-0.4, -0.2) is 41.0 Å². The van der Waals surface area contributed by atoms with Crippen LogP contribution in [0.5, 0.6) is 0 Å². The van der Waals surface area contributed by atoms with E-state index in [4.69, 9.17) is 0 Å². The van der Waals surface area contributed by atoms with Gasteiger partial charge < -0.3 is 14.7 Å². The first kappa shape index (κ1) is 23.7. The Kier molecular flexibility index (Phi) is 14.7. The molecule has 0 aromatic heterocycles. The predicted molar refractivity (Wildman–Crippen MR) is 120 cm³/mol. The molecule has 0 aliphatic carbocycles. The molecule has 156 valence electrons. The Morgan fingerprint density at radius 1 is 0.778 bits per heavy atom. The molecular weight excluding hydrogens is 330 g/mol. The van der Waals surface area contributed by atoms with E-state index >= 15 is 0 Å². The number of rotatable bonds is 19. The zero-order chi connectivity index (χ0) is 19.6. The van der Waals surface area contributed by atoms with Gasteiger partial charge in [0.15, 0.2) is 0 Å². The average molecular weight is 376 g/mol. The maximum atomic E-state index is 3.86. The summed E-state index contributed by atoms with van der Waals surface area (Å²) >= 11 is 0. The topological polar surface area (TPSA) is 9.72 Å². The van der Waals surface area contributed by atoms with Gasteiger partial charge in [-0.1, -0.05) is 83.8 Å². The molecule has 0 aromatic carbocycles. The van der Waals surface area contributed by atoms with Crippen molar-refractivity contribution in [2.24, 2.45) is 0 Å². The van der Waals surface area contributed by atoms with Crippen LogP contribution in [0.3, 0.4) is 0 Å². The van der Waals surface area contributed by atoms with Gasteiger partial charge in [0.25, 0.3) is 0 Å². The van der Waals surface area contributed by atoms with E-state index < -0.39 is 0 Å². The molecule has 1 rings (SSSR count). The third-order valence-electron chi connectivity index (χ3n) is 5.60. The highest BCUT2D eigenvalue weighted by Crippen LogP contribution is 2.14. The van der Waals surface area contributed by atoms with Crippen LogP contribution >= 0.6 is 0 Å². The van der Waals surface area contributed by atoms with Crippen LogP contribution in [0, 0.1) is 0 Å². The second-order valence-corrected chi connectivity index (χ2v) is 7.86. The summed E-state index contributed by atoms with van der Waals surface area (Å²) in [7, 11) is 0. The summed E-state index contributed by atoms with van der Waals surface area (Å²) in [5.74, 6) is 0. The minimum absolute atomic E-state index is 0.982. The minimum Gasteiger partial charge on any atom is -0.378 e. The summed E-state index contributed by atoms with van der Waals surface area (Å²) in [5.41, 5.74) is 0. The number of unbranched alkanes of at least 4 members (excludes halogenated alkanes) is 12. The summed E-state index contributed by atoms with van der Waals surface area (Å²) < 4.78 is 0. The van der Waals surface area contributed by atoms with Gasteiger partial charge in [0.05, 0.1) is 6.67 Å². The van der Waals surface area contributed by atoms with Gasteiger partial charge in [-0.15, -0.1) is 0 Å².